The Morgan fingerprint density at radius 2 is 1.79 bits per heavy atom. The van der Waals surface area contributed by atoms with E-state index in [1.807, 2.05) is 30.3 Å². The van der Waals surface area contributed by atoms with Gasteiger partial charge in [-0.1, -0.05) is 35.9 Å². The summed E-state index contributed by atoms with van der Waals surface area (Å²) in [6.07, 6.45) is 0. The van der Waals surface area contributed by atoms with E-state index in [2.05, 4.69) is 4.79 Å². The lowest BCUT2D eigenvalue weighted by Crippen LogP contribution is -2.25. The van der Waals surface area contributed by atoms with E-state index in [0.717, 1.165) is 0 Å². The number of nitrogens with zero attached hydrogens (tertiary/aromatic N) is 3. The van der Waals surface area contributed by atoms with Gasteiger partial charge < -0.3 is 5.53 Å². The van der Waals surface area contributed by atoms with E-state index in [1.165, 1.54) is 4.90 Å². The van der Waals surface area contributed by atoms with E-state index in [4.69, 9.17) is 17.1 Å². The Morgan fingerprint density at radius 3 is 2.47 bits per heavy atom. The molecule has 0 aromatic heterocycles. The van der Waals surface area contributed by atoms with Crippen molar-refractivity contribution in [1.82, 2.24) is 0 Å². The topological polar surface area (TPSA) is 56.7 Å². The van der Waals surface area contributed by atoms with E-state index in [0.29, 0.717) is 22.0 Å². The Bertz CT molecular complexity index is 721. The van der Waals surface area contributed by atoms with Gasteiger partial charge in [0.05, 0.1) is 10.7 Å². The van der Waals surface area contributed by atoms with Crippen LogP contribution in [0, 0.1) is 0 Å². The number of fused-ring (bicyclic) bond motifs is 1. The number of rotatable bonds is 1. The van der Waals surface area contributed by atoms with Gasteiger partial charge in [0, 0.05) is 5.69 Å². The largest absolute Gasteiger partial charge is 0.390 e. The minimum Gasteiger partial charge on any atom is -0.361 e. The summed E-state index contributed by atoms with van der Waals surface area (Å²) in [5.74, 6) is -0.392. The fourth-order valence-corrected chi connectivity index (χ4v) is 2.44. The summed E-state index contributed by atoms with van der Waals surface area (Å²) in [5, 5.41) is 0.386. The number of halogens is 1. The lowest BCUT2D eigenvalue weighted by atomic mass is 10.1. The van der Waals surface area contributed by atoms with E-state index in [-0.39, 0.29) is 5.71 Å². The Hall–Kier alpha value is -2.42. The summed E-state index contributed by atoms with van der Waals surface area (Å²) >= 11 is 6.09. The van der Waals surface area contributed by atoms with E-state index >= 15 is 0 Å². The van der Waals surface area contributed by atoms with Gasteiger partial charge in [0.25, 0.3) is 0 Å². The van der Waals surface area contributed by atoms with Crippen LogP contribution in [0.2, 0.25) is 5.02 Å². The minimum atomic E-state index is -0.392. The van der Waals surface area contributed by atoms with Crippen molar-refractivity contribution in [3.8, 4) is 0 Å². The third kappa shape index (κ3) is 1.66. The van der Waals surface area contributed by atoms with Crippen LogP contribution in [0.4, 0.5) is 11.4 Å². The van der Waals surface area contributed by atoms with Gasteiger partial charge in [0.15, 0.2) is 0 Å². The van der Waals surface area contributed by atoms with Gasteiger partial charge in [-0.15, -0.1) is 0 Å². The van der Waals surface area contributed by atoms with Gasteiger partial charge in [-0.3, -0.25) is 9.69 Å². The summed E-state index contributed by atoms with van der Waals surface area (Å²) in [6.45, 7) is 0. The molecule has 0 aliphatic carbocycles. The molecule has 1 aliphatic heterocycles. The number of hydrogen-bond acceptors (Lipinski definition) is 1. The first kappa shape index (κ1) is 11.7. The maximum Gasteiger partial charge on any atom is 0.390 e. The van der Waals surface area contributed by atoms with Gasteiger partial charge in [0.2, 0.25) is 0 Å². The predicted molar refractivity (Wildman–Crippen MR) is 72.8 cm³/mol. The minimum absolute atomic E-state index is 0.0375. The molecule has 0 atom stereocenters. The molecule has 0 saturated carbocycles. The van der Waals surface area contributed by atoms with Crippen molar-refractivity contribution in [2.75, 3.05) is 4.90 Å². The van der Waals surface area contributed by atoms with Gasteiger partial charge in [-0.2, -0.15) is 4.79 Å². The summed E-state index contributed by atoms with van der Waals surface area (Å²) < 4.78 is 0. The highest BCUT2D eigenvalue weighted by molar-refractivity contribution is 6.56. The van der Waals surface area contributed by atoms with Crippen LogP contribution in [-0.4, -0.2) is 16.4 Å². The zero-order valence-electron chi connectivity index (χ0n) is 9.75. The number of benzene rings is 2. The van der Waals surface area contributed by atoms with Crippen molar-refractivity contribution in [1.29, 1.82) is 0 Å². The molecule has 0 N–H and O–H groups in total. The fraction of sp³-hybridized carbons (Fsp3) is 0. The van der Waals surface area contributed by atoms with Gasteiger partial charge in [-0.05, 0) is 24.3 Å². The number of hydrogen-bond donors (Lipinski definition) is 0. The van der Waals surface area contributed by atoms with E-state index < -0.39 is 5.91 Å². The van der Waals surface area contributed by atoms with Crippen LogP contribution in [0.1, 0.15) is 5.56 Å². The molecule has 0 unspecified atom stereocenters. The van der Waals surface area contributed by atoms with Crippen LogP contribution < -0.4 is 4.90 Å². The number of amides is 1. The van der Waals surface area contributed by atoms with Crippen LogP contribution in [0.5, 0.6) is 0 Å². The number of carbonyl (C=O) groups excluding carboxylic acids is 1. The average molecular weight is 270 g/mol. The Labute approximate surface area is 114 Å². The molecule has 0 radical (unpaired) electrons. The van der Waals surface area contributed by atoms with Crippen LogP contribution in [-0.2, 0) is 4.79 Å². The first-order chi connectivity index (χ1) is 9.24. The highest BCUT2D eigenvalue weighted by atomic mass is 35.5. The molecule has 0 spiro atoms. The molecule has 0 saturated heterocycles. The Kier molecular flexibility index (Phi) is 2.67. The third-order valence-corrected chi connectivity index (χ3v) is 3.30. The molecule has 4 nitrogen and oxygen atoms in total. The SMILES string of the molecule is [N-]=[N+]=C1C(=O)N(c2ccccc2)c2cccc(Cl)c21. The second-order valence-corrected chi connectivity index (χ2v) is 4.47. The number of carbonyl (C=O) groups is 1. The monoisotopic (exact) mass is 269 g/mol. The predicted octanol–water partition coefficient (Wildman–Crippen LogP) is 3.04. The van der Waals surface area contributed by atoms with Crippen molar-refractivity contribution >= 4 is 34.6 Å². The van der Waals surface area contributed by atoms with Crippen molar-refractivity contribution in [2.45, 2.75) is 0 Å². The maximum atomic E-state index is 12.3. The smallest absolute Gasteiger partial charge is 0.361 e. The quantitative estimate of drug-likeness (QED) is 0.580. The molecule has 3 rings (SSSR count). The molecule has 5 heteroatoms. The van der Waals surface area contributed by atoms with Crippen LogP contribution >= 0.6 is 11.6 Å². The molecule has 92 valence electrons. The van der Waals surface area contributed by atoms with Crippen molar-refractivity contribution < 1.29 is 9.58 Å². The third-order valence-electron chi connectivity index (χ3n) is 2.99. The zero-order chi connectivity index (χ0) is 13.4. The van der Waals surface area contributed by atoms with Crippen LogP contribution in [0.25, 0.3) is 5.53 Å². The van der Waals surface area contributed by atoms with Crippen LogP contribution in [0.3, 0.4) is 0 Å². The standard InChI is InChI=1S/C14H8ClN3O/c15-10-7-4-8-11-12(10)13(17-16)14(19)18(11)9-5-2-1-3-6-9/h1-8H. The van der Waals surface area contributed by atoms with Gasteiger partial charge >= 0.3 is 11.6 Å². The summed E-state index contributed by atoms with van der Waals surface area (Å²) in [4.78, 5) is 16.9. The zero-order valence-corrected chi connectivity index (χ0v) is 10.5. The first-order valence-corrected chi connectivity index (χ1v) is 6.02. The maximum absolute atomic E-state index is 12.3. The summed E-state index contributed by atoms with van der Waals surface area (Å²) in [5.41, 5.74) is 10.8. The summed E-state index contributed by atoms with van der Waals surface area (Å²) in [6, 6.07) is 14.3. The molecule has 2 aromatic rings. The Balaban J connectivity index is 2.28. The molecule has 0 bridgehead atoms. The number of anilines is 2. The highest BCUT2D eigenvalue weighted by Gasteiger charge is 2.42. The molecule has 1 amide bonds. The second kappa shape index (κ2) is 4.35. The van der Waals surface area contributed by atoms with E-state index in [9.17, 15) is 4.79 Å². The van der Waals surface area contributed by atoms with Crippen molar-refractivity contribution in [3.05, 3.63) is 64.6 Å². The molecule has 1 aliphatic rings. The highest BCUT2D eigenvalue weighted by Crippen LogP contribution is 2.38. The van der Waals surface area contributed by atoms with E-state index in [1.54, 1.807) is 18.2 Å². The lowest BCUT2D eigenvalue weighted by Gasteiger charge is -2.15. The number of para-hydroxylation sites is 1. The van der Waals surface area contributed by atoms with Crippen molar-refractivity contribution in [3.63, 3.8) is 0 Å². The second-order valence-electron chi connectivity index (χ2n) is 4.06. The van der Waals surface area contributed by atoms with Gasteiger partial charge in [0.1, 0.15) is 5.56 Å². The van der Waals surface area contributed by atoms with Crippen molar-refractivity contribution in [2.24, 2.45) is 0 Å². The molecular weight excluding hydrogens is 262 g/mol. The lowest BCUT2D eigenvalue weighted by molar-refractivity contribution is -0.115. The molecular formula is C14H8ClN3O. The fourth-order valence-electron chi connectivity index (χ4n) is 2.18. The Morgan fingerprint density at radius 1 is 1.05 bits per heavy atom. The molecule has 19 heavy (non-hydrogen) atoms. The normalized spacial score (nSPS) is 13.4. The first-order valence-electron chi connectivity index (χ1n) is 5.64. The molecule has 0 fully saturated rings. The summed E-state index contributed by atoms with van der Waals surface area (Å²) in [7, 11) is 0. The van der Waals surface area contributed by atoms with Crippen LogP contribution in [0.15, 0.2) is 48.5 Å². The van der Waals surface area contributed by atoms with Gasteiger partial charge in [-0.25, -0.2) is 0 Å². The molecule has 2 aromatic carbocycles. The molecule has 1 heterocycles. The average Bonchev–Trinajstić information content (AvgIpc) is 2.73.